The Morgan fingerprint density at radius 3 is 2.45 bits per heavy atom. The molecule has 2 aromatic carbocycles. The Morgan fingerprint density at radius 2 is 1.81 bits per heavy atom. The summed E-state index contributed by atoms with van der Waals surface area (Å²) in [6, 6.07) is 13.4. The molecule has 0 unspecified atom stereocenters. The van der Waals surface area contributed by atoms with Crippen molar-refractivity contribution in [2.24, 2.45) is 0 Å². The summed E-state index contributed by atoms with van der Waals surface area (Å²) in [4.78, 5) is 16.3. The van der Waals surface area contributed by atoms with Crippen LogP contribution in [0.4, 0.5) is 16.3 Å². The standard InChI is InChI=1S/C21H20Cl2N4O3S/c1-13(17-3-2-4-18(22)20(17)23)26-21(28)27-15-6-8-16(9-7-15)31(29,30)12-14-5-10-19(24)25-11-14/h2-11,13H,12H2,1H3,(H2,24,25)(H2,26,27,28)/t13-/m0/s1. The molecule has 1 atom stereocenters. The topological polar surface area (TPSA) is 114 Å². The number of halogens is 2. The van der Waals surface area contributed by atoms with Gasteiger partial charge >= 0.3 is 6.03 Å². The van der Waals surface area contributed by atoms with Gasteiger partial charge in [-0.3, -0.25) is 0 Å². The average molecular weight is 479 g/mol. The van der Waals surface area contributed by atoms with Crippen LogP contribution in [-0.4, -0.2) is 19.4 Å². The number of carbonyl (C=O) groups excluding carboxylic acids is 1. The fraction of sp³-hybridized carbons (Fsp3) is 0.143. The third kappa shape index (κ3) is 5.88. The maximum absolute atomic E-state index is 12.6. The van der Waals surface area contributed by atoms with Gasteiger partial charge in [0.15, 0.2) is 9.84 Å². The first-order chi connectivity index (χ1) is 14.7. The molecule has 31 heavy (non-hydrogen) atoms. The van der Waals surface area contributed by atoms with Crippen LogP contribution in [0.2, 0.25) is 10.0 Å². The lowest BCUT2D eigenvalue weighted by Gasteiger charge is -2.17. The molecule has 0 bridgehead atoms. The van der Waals surface area contributed by atoms with E-state index in [0.717, 1.165) is 0 Å². The summed E-state index contributed by atoms with van der Waals surface area (Å²) in [5.41, 5.74) is 7.18. The van der Waals surface area contributed by atoms with Crippen LogP contribution in [0.25, 0.3) is 0 Å². The largest absolute Gasteiger partial charge is 0.384 e. The number of aromatic nitrogens is 1. The van der Waals surface area contributed by atoms with E-state index in [1.165, 1.54) is 30.5 Å². The summed E-state index contributed by atoms with van der Waals surface area (Å²) in [6.45, 7) is 1.78. The molecule has 1 heterocycles. The van der Waals surface area contributed by atoms with E-state index in [9.17, 15) is 13.2 Å². The Hall–Kier alpha value is -2.81. The molecule has 4 N–H and O–H groups in total. The lowest BCUT2D eigenvalue weighted by molar-refractivity contribution is 0.249. The second kappa shape index (κ2) is 9.55. The Kier molecular flexibility index (Phi) is 7.04. The van der Waals surface area contributed by atoms with Gasteiger partial charge in [-0.25, -0.2) is 18.2 Å². The van der Waals surface area contributed by atoms with Crippen LogP contribution in [0.1, 0.15) is 24.1 Å². The van der Waals surface area contributed by atoms with Gasteiger partial charge < -0.3 is 16.4 Å². The Morgan fingerprint density at radius 1 is 1.10 bits per heavy atom. The number of nitrogens with one attached hydrogen (secondary N) is 2. The molecule has 3 rings (SSSR count). The zero-order valence-electron chi connectivity index (χ0n) is 16.5. The number of carbonyl (C=O) groups is 1. The van der Waals surface area contributed by atoms with Gasteiger partial charge in [0.05, 0.1) is 26.7 Å². The van der Waals surface area contributed by atoms with Gasteiger partial charge in [-0.05, 0) is 54.4 Å². The summed E-state index contributed by atoms with van der Waals surface area (Å²) in [5.74, 6) is 0.118. The number of nitrogen functional groups attached to an aromatic ring is 1. The first-order valence-electron chi connectivity index (χ1n) is 9.20. The number of rotatable bonds is 6. The minimum atomic E-state index is -3.57. The number of anilines is 2. The van der Waals surface area contributed by atoms with Gasteiger partial charge in [-0.15, -0.1) is 0 Å². The molecular formula is C21H20Cl2N4O3S. The molecule has 0 aliphatic rings. The summed E-state index contributed by atoms with van der Waals surface area (Å²) < 4.78 is 25.2. The highest BCUT2D eigenvalue weighted by atomic mass is 35.5. The van der Waals surface area contributed by atoms with Gasteiger partial charge in [-0.1, -0.05) is 41.4 Å². The van der Waals surface area contributed by atoms with Crippen molar-refractivity contribution in [3.05, 3.63) is 82.0 Å². The van der Waals surface area contributed by atoms with Gasteiger partial charge in [-0.2, -0.15) is 0 Å². The average Bonchev–Trinajstić information content (AvgIpc) is 2.72. The maximum atomic E-state index is 12.6. The molecule has 162 valence electrons. The van der Waals surface area contributed by atoms with E-state index in [1.807, 2.05) is 0 Å². The summed E-state index contributed by atoms with van der Waals surface area (Å²) in [7, 11) is -3.57. The summed E-state index contributed by atoms with van der Waals surface area (Å²) in [5, 5.41) is 6.21. The van der Waals surface area contributed by atoms with Crippen molar-refractivity contribution in [2.75, 3.05) is 11.1 Å². The van der Waals surface area contributed by atoms with Gasteiger partial charge in [0.1, 0.15) is 5.82 Å². The van der Waals surface area contributed by atoms with Gasteiger partial charge in [0.2, 0.25) is 0 Å². The molecule has 3 aromatic rings. The number of amides is 2. The molecule has 1 aromatic heterocycles. The van der Waals surface area contributed by atoms with Crippen LogP contribution in [0.3, 0.4) is 0 Å². The Bertz CT molecular complexity index is 1180. The van der Waals surface area contributed by atoms with Crippen LogP contribution < -0.4 is 16.4 Å². The highest BCUT2D eigenvalue weighted by Gasteiger charge is 2.17. The first-order valence-corrected chi connectivity index (χ1v) is 11.6. The van der Waals surface area contributed by atoms with Crippen molar-refractivity contribution in [3.8, 4) is 0 Å². The summed E-state index contributed by atoms with van der Waals surface area (Å²) in [6.07, 6.45) is 1.43. The van der Waals surface area contributed by atoms with Crippen LogP contribution in [0.15, 0.2) is 65.7 Å². The molecule has 7 nitrogen and oxygen atoms in total. The fourth-order valence-electron chi connectivity index (χ4n) is 2.87. The van der Waals surface area contributed by atoms with E-state index in [4.69, 9.17) is 28.9 Å². The number of pyridine rings is 1. The van der Waals surface area contributed by atoms with E-state index in [2.05, 4.69) is 15.6 Å². The SMILES string of the molecule is C[C@H](NC(=O)Nc1ccc(S(=O)(=O)Cc2ccc(N)nc2)cc1)c1cccc(Cl)c1Cl. The van der Waals surface area contributed by atoms with Gasteiger partial charge in [0.25, 0.3) is 0 Å². The maximum Gasteiger partial charge on any atom is 0.319 e. The number of nitrogens with two attached hydrogens (primary N) is 1. The highest BCUT2D eigenvalue weighted by Crippen LogP contribution is 2.29. The summed E-state index contributed by atoms with van der Waals surface area (Å²) >= 11 is 12.2. The lowest BCUT2D eigenvalue weighted by atomic mass is 10.1. The number of benzene rings is 2. The van der Waals surface area contributed by atoms with E-state index >= 15 is 0 Å². The minimum Gasteiger partial charge on any atom is -0.384 e. The molecule has 0 spiro atoms. The smallest absolute Gasteiger partial charge is 0.319 e. The van der Waals surface area contributed by atoms with Crippen molar-refractivity contribution >= 4 is 50.6 Å². The normalized spacial score (nSPS) is 12.2. The molecule has 0 saturated heterocycles. The van der Waals surface area contributed by atoms with Crippen LogP contribution in [0, 0.1) is 0 Å². The predicted molar refractivity (Wildman–Crippen MR) is 123 cm³/mol. The van der Waals surface area contributed by atoms with E-state index < -0.39 is 15.9 Å². The number of hydrogen-bond donors (Lipinski definition) is 3. The number of urea groups is 1. The van der Waals surface area contributed by atoms with Crippen molar-refractivity contribution in [1.29, 1.82) is 0 Å². The van der Waals surface area contributed by atoms with E-state index in [0.29, 0.717) is 32.7 Å². The number of nitrogens with zero attached hydrogens (tertiary/aromatic N) is 1. The molecule has 0 radical (unpaired) electrons. The highest BCUT2D eigenvalue weighted by molar-refractivity contribution is 7.90. The molecule has 0 fully saturated rings. The molecule has 0 aliphatic heterocycles. The Balaban J connectivity index is 1.63. The first kappa shape index (κ1) is 22.9. The number of sulfone groups is 1. The lowest BCUT2D eigenvalue weighted by Crippen LogP contribution is -2.31. The van der Waals surface area contributed by atoms with Crippen LogP contribution in [-0.2, 0) is 15.6 Å². The van der Waals surface area contributed by atoms with Crippen LogP contribution >= 0.6 is 23.2 Å². The second-order valence-corrected chi connectivity index (χ2v) is 9.61. The molecule has 2 amide bonds. The van der Waals surface area contributed by atoms with E-state index in [1.54, 1.807) is 37.3 Å². The molecule has 0 saturated carbocycles. The van der Waals surface area contributed by atoms with Crippen molar-refractivity contribution < 1.29 is 13.2 Å². The Labute approximate surface area is 190 Å². The van der Waals surface area contributed by atoms with Crippen molar-refractivity contribution in [1.82, 2.24) is 10.3 Å². The molecule has 10 heteroatoms. The minimum absolute atomic E-state index is 0.134. The molecule has 0 aliphatic carbocycles. The van der Waals surface area contributed by atoms with Gasteiger partial charge in [0, 0.05) is 11.9 Å². The van der Waals surface area contributed by atoms with E-state index in [-0.39, 0.29) is 16.7 Å². The third-order valence-electron chi connectivity index (χ3n) is 4.47. The molecular weight excluding hydrogens is 459 g/mol. The third-order valence-corrected chi connectivity index (χ3v) is 7.01. The zero-order chi connectivity index (χ0) is 22.6. The van der Waals surface area contributed by atoms with Crippen molar-refractivity contribution in [2.45, 2.75) is 23.6 Å². The fourth-order valence-corrected chi connectivity index (χ4v) is 4.66. The number of hydrogen-bond acceptors (Lipinski definition) is 5. The van der Waals surface area contributed by atoms with Crippen molar-refractivity contribution in [3.63, 3.8) is 0 Å². The predicted octanol–water partition coefficient (Wildman–Crippen LogP) is 4.83. The monoisotopic (exact) mass is 478 g/mol. The van der Waals surface area contributed by atoms with Crippen LogP contribution in [0.5, 0.6) is 0 Å². The second-order valence-electron chi connectivity index (χ2n) is 6.84. The quantitative estimate of drug-likeness (QED) is 0.469. The zero-order valence-corrected chi connectivity index (χ0v) is 18.8.